The monoisotopic (exact) mass is 263 g/mol. The van der Waals surface area contributed by atoms with E-state index in [9.17, 15) is 13.2 Å². The zero-order chi connectivity index (χ0) is 13.6. The Kier molecular flexibility index (Phi) is 5.33. The quantitative estimate of drug-likeness (QED) is 0.856. The van der Waals surface area contributed by atoms with E-state index >= 15 is 0 Å². The van der Waals surface area contributed by atoms with Gasteiger partial charge in [-0.05, 0) is 13.0 Å². The van der Waals surface area contributed by atoms with Crippen molar-refractivity contribution in [2.45, 2.75) is 32.0 Å². The average Bonchev–Trinajstić information content (AvgIpc) is 2.33. The van der Waals surface area contributed by atoms with Crippen LogP contribution < -0.4 is 10.1 Å². The summed E-state index contributed by atoms with van der Waals surface area (Å²) >= 11 is 0. The van der Waals surface area contributed by atoms with Crippen LogP contribution >= 0.6 is 0 Å². The second kappa shape index (κ2) is 6.53. The van der Waals surface area contributed by atoms with E-state index < -0.39 is 18.6 Å². The van der Waals surface area contributed by atoms with Crippen molar-refractivity contribution in [3.63, 3.8) is 0 Å². The molecule has 1 aromatic rings. The first-order chi connectivity index (χ1) is 8.46. The highest BCUT2D eigenvalue weighted by Crippen LogP contribution is 2.27. The molecular formula is C11H16F3N3O. The molecule has 1 rings (SSSR count). The zero-order valence-corrected chi connectivity index (χ0v) is 10.3. The SMILES string of the molecule is CCNC(CCC(F)(F)F)c1cnc(OC)nc1. The van der Waals surface area contributed by atoms with Gasteiger partial charge in [0.25, 0.3) is 0 Å². The molecule has 0 saturated heterocycles. The molecule has 0 aromatic carbocycles. The maximum absolute atomic E-state index is 12.2. The molecule has 0 saturated carbocycles. The minimum atomic E-state index is -4.15. The van der Waals surface area contributed by atoms with Crippen molar-refractivity contribution in [1.29, 1.82) is 0 Å². The molecular weight excluding hydrogens is 247 g/mol. The van der Waals surface area contributed by atoms with Crippen LogP contribution in [-0.4, -0.2) is 29.8 Å². The van der Waals surface area contributed by atoms with Crippen LogP contribution in [0.4, 0.5) is 13.2 Å². The van der Waals surface area contributed by atoms with Crippen molar-refractivity contribution in [2.24, 2.45) is 0 Å². The minimum Gasteiger partial charge on any atom is -0.467 e. The molecule has 0 amide bonds. The van der Waals surface area contributed by atoms with Crippen molar-refractivity contribution in [3.8, 4) is 6.01 Å². The first-order valence-corrected chi connectivity index (χ1v) is 5.62. The van der Waals surface area contributed by atoms with E-state index in [1.807, 2.05) is 6.92 Å². The maximum Gasteiger partial charge on any atom is 0.389 e. The summed E-state index contributed by atoms with van der Waals surface area (Å²) < 4.78 is 41.4. The highest BCUT2D eigenvalue weighted by Gasteiger charge is 2.28. The summed E-state index contributed by atoms with van der Waals surface area (Å²) in [4.78, 5) is 7.78. The summed E-state index contributed by atoms with van der Waals surface area (Å²) in [5, 5.41) is 2.99. The Hall–Kier alpha value is -1.37. The van der Waals surface area contributed by atoms with Crippen molar-refractivity contribution in [1.82, 2.24) is 15.3 Å². The van der Waals surface area contributed by atoms with E-state index in [0.717, 1.165) is 0 Å². The Balaban J connectivity index is 2.70. The van der Waals surface area contributed by atoms with E-state index in [1.54, 1.807) is 0 Å². The lowest BCUT2D eigenvalue weighted by Gasteiger charge is -2.18. The van der Waals surface area contributed by atoms with Gasteiger partial charge in [-0.1, -0.05) is 6.92 Å². The number of alkyl halides is 3. The van der Waals surface area contributed by atoms with Gasteiger partial charge in [-0.3, -0.25) is 0 Å². The molecule has 0 aliphatic rings. The fourth-order valence-corrected chi connectivity index (χ4v) is 1.55. The van der Waals surface area contributed by atoms with Crippen molar-refractivity contribution < 1.29 is 17.9 Å². The minimum absolute atomic E-state index is 0.0347. The summed E-state index contributed by atoms with van der Waals surface area (Å²) in [7, 11) is 1.43. The number of hydrogen-bond acceptors (Lipinski definition) is 4. The number of aromatic nitrogens is 2. The van der Waals surface area contributed by atoms with E-state index in [0.29, 0.717) is 12.1 Å². The number of nitrogens with zero attached hydrogens (tertiary/aromatic N) is 2. The third-order valence-electron chi connectivity index (χ3n) is 2.40. The number of nitrogens with one attached hydrogen (secondary N) is 1. The van der Waals surface area contributed by atoms with Crippen LogP contribution in [0, 0.1) is 0 Å². The zero-order valence-electron chi connectivity index (χ0n) is 10.3. The third kappa shape index (κ3) is 4.87. The average molecular weight is 263 g/mol. The second-order valence-electron chi connectivity index (χ2n) is 3.77. The molecule has 18 heavy (non-hydrogen) atoms. The highest BCUT2D eigenvalue weighted by atomic mass is 19.4. The molecule has 0 spiro atoms. The lowest BCUT2D eigenvalue weighted by molar-refractivity contribution is -0.136. The molecule has 1 heterocycles. The van der Waals surface area contributed by atoms with Crippen LogP contribution in [0.25, 0.3) is 0 Å². The first-order valence-electron chi connectivity index (χ1n) is 5.62. The third-order valence-corrected chi connectivity index (χ3v) is 2.40. The fraction of sp³-hybridized carbons (Fsp3) is 0.636. The number of rotatable bonds is 6. The Morgan fingerprint density at radius 3 is 2.39 bits per heavy atom. The summed E-state index contributed by atoms with van der Waals surface area (Å²) in [5.41, 5.74) is 0.627. The molecule has 4 nitrogen and oxygen atoms in total. The van der Waals surface area contributed by atoms with Gasteiger partial charge in [0.15, 0.2) is 0 Å². The molecule has 1 atom stereocenters. The Bertz CT molecular complexity index is 354. The van der Waals surface area contributed by atoms with E-state index in [-0.39, 0.29) is 12.4 Å². The Morgan fingerprint density at radius 2 is 1.94 bits per heavy atom. The molecule has 102 valence electrons. The van der Waals surface area contributed by atoms with Crippen molar-refractivity contribution in [2.75, 3.05) is 13.7 Å². The van der Waals surface area contributed by atoms with Gasteiger partial charge in [0, 0.05) is 30.4 Å². The van der Waals surface area contributed by atoms with Crippen LogP contribution in [0.15, 0.2) is 12.4 Å². The van der Waals surface area contributed by atoms with Crippen LogP contribution in [0.3, 0.4) is 0 Å². The van der Waals surface area contributed by atoms with Crippen LogP contribution in [0.1, 0.15) is 31.4 Å². The maximum atomic E-state index is 12.2. The van der Waals surface area contributed by atoms with Crippen molar-refractivity contribution in [3.05, 3.63) is 18.0 Å². The molecule has 0 aliphatic carbocycles. The Morgan fingerprint density at radius 1 is 1.33 bits per heavy atom. The van der Waals surface area contributed by atoms with E-state index in [1.165, 1.54) is 19.5 Å². The standard InChI is InChI=1S/C11H16F3N3O/c1-3-15-9(4-5-11(12,13)14)8-6-16-10(18-2)17-7-8/h6-7,9,15H,3-5H2,1-2H3. The molecule has 1 N–H and O–H groups in total. The molecule has 1 aromatic heterocycles. The number of hydrogen-bond donors (Lipinski definition) is 1. The summed E-state index contributed by atoms with van der Waals surface area (Å²) in [6.07, 6.45) is -2.06. The summed E-state index contributed by atoms with van der Waals surface area (Å²) in [6.45, 7) is 2.42. The van der Waals surface area contributed by atoms with E-state index in [2.05, 4.69) is 15.3 Å². The molecule has 0 radical (unpaired) electrons. The smallest absolute Gasteiger partial charge is 0.389 e. The van der Waals surface area contributed by atoms with Gasteiger partial charge < -0.3 is 10.1 Å². The number of halogens is 3. The van der Waals surface area contributed by atoms with Gasteiger partial charge in [-0.15, -0.1) is 0 Å². The Labute approximate surface area is 104 Å². The molecule has 0 fully saturated rings. The topological polar surface area (TPSA) is 47.0 Å². The molecule has 1 unspecified atom stereocenters. The highest BCUT2D eigenvalue weighted by molar-refractivity contribution is 5.12. The van der Waals surface area contributed by atoms with Gasteiger partial charge in [0.2, 0.25) is 0 Å². The van der Waals surface area contributed by atoms with E-state index in [4.69, 9.17) is 4.74 Å². The normalized spacial score (nSPS) is 13.4. The van der Waals surface area contributed by atoms with Gasteiger partial charge in [0.1, 0.15) is 0 Å². The van der Waals surface area contributed by atoms with Crippen LogP contribution in [-0.2, 0) is 0 Å². The van der Waals surface area contributed by atoms with Gasteiger partial charge >= 0.3 is 12.2 Å². The summed E-state index contributed by atoms with van der Waals surface area (Å²) in [6, 6.07) is -0.202. The lowest BCUT2D eigenvalue weighted by Crippen LogP contribution is -2.23. The second-order valence-corrected chi connectivity index (χ2v) is 3.77. The van der Waals surface area contributed by atoms with Crippen LogP contribution in [0.5, 0.6) is 6.01 Å². The van der Waals surface area contributed by atoms with Crippen molar-refractivity contribution >= 4 is 0 Å². The fourth-order valence-electron chi connectivity index (χ4n) is 1.55. The number of ether oxygens (including phenoxy) is 1. The first kappa shape index (κ1) is 14.7. The lowest BCUT2D eigenvalue weighted by atomic mass is 10.1. The molecule has 7 heteroatoms. The number of methoxy groups -OCH3 is 1. The van der Waals surface area contributed by atoms with Gasteiger partial charge in [-0.2, -0.15) is 13.2 Å². The largest absolute Gasteiger partial charge is 0.467 e. The predicted octanol–water partition coefficient (Wildman–Crippen LogP) is 2.48. The molecule has 0 bridgehead atoms. The van der Waals surface area contributed by atoms with Gasteiger partial charge in [-0.25, -0.2) is 9.97 Å². The molecule has 0 aliphatic heterocycles. The van der Waals surface area contributed by atoms with Crippen LogP contribution in [0.2, 0.25) is 0 Å². The predicted molar refractivity (Wildman–Crippen MR) is 60.3 cm³/mol. The summed E-state index contributed by atoms with van der Waals surface area (Å²) in [5.74, 6) is 0. The van der Waals surface area contributed by atoms with Gasteiger partial charge in [0.05, 0.1) is 7.11 Å².